The number of rotatable bonds is 0. The highest BCUT2D eigenvalue weighted by Crippen LogP contribution is 2.57. The highest BCUT2D eigenvalue weighted by Gasteiger charge is 2.59. The van der Waals surface area contributed by atoms with Crippen LogP contribution in [0.25, 0.3) is 0 Å². The summed E-state index contributed by atoms with van der Waals surface area (Å²) in [6, 6.07) is 5.49. The molecule has 2 bridgehead atoms. The van der Waals surface area contributed by atoms with Crippen molar-refractivity contribution in [2.24, 2.45) is 5.41 Å². The second-order valence-corrected chi connectivity index (χ2v) is 8.14. The average molecular weight is 390 g/mol. The van der Waals surface area contributed by atoms with Gasteiger partial charge in [0.05, 0.1) is 0 Å². The zero-order valence-corrected chi connectivity index (χ0v) is 14.9. The van der Waals surface area contributed by atoms with Crippen molar-refractivity contribution >= 4 is 21.8 Å². The van der Waals surface area contributed by atoms with Gasteiger partial charge in [0.15, 0.2) is 0 Å². The van der Waals surface area contributed by atoms with Crippen molar-refractivity contribution in [3.05, 3.63) is 33.8 Å². The second-order valence-electron chi connectivity index (χ2n) is 7.29. The van der Waals surface area contributed by atoms with Crippen molar-refractivity contribution in [2.45, 2.75) is 51.2 Å². The third kappa shape index (κ3) is 2.24. The van der Waals surface area contributed by atoms with Gasteiger partial charge >= 0.3 is 12.1 Å². The summed E-state index contributed by atoms with van der Waals surface area (Å²) < 4.78 is 39.8. The highest BCUT2D eigenvalue weighted by atomic mass is 79.9. The summed E-state index contributed by atoms with van der Waals surface area (Å²) >= 11 is 3.52. The lowest BCUT2D eigenvalue weighted by atomic mass is 9.51. The van der Waals surface area contributed by atoms with Crippen LogP contribution < -0.4 is 0 Å². The van der Waals surface area contributed by atoms with Crippen LogP contribution in [0, 0.1) is 5.41 Å². The number of hydrogen-bond donors (Lipinski definition) is 0. The van der Waals surface area contributed by atoms with Gasteiger partial charge < -0.3 is 4.90 Å². The molecule has 3 rings (SSSR count). The van der Waals surface area contributed by atoms with E-state index >= 15 is 0 Å². The molecule has 0 radical (unpaired) electrons. The summed E-state index contributed by atoms with van der Waals surface area (Å²) in [5.74, 6) is -1.71. The van der Waals surface area contributed by atoms with E-state index in [0.717, 1.165) is 14.9 Å². The van der Waals surface area contributed by atoms with Crippen molar-refractivity contribution < 1.29 is 18.0 Å². The third-order valence-electron chi connectivity index (χ3n) is 6.10. The fourth-order valence-electron chi connectivity index (χ4n) is 4.31. The van der Waals surface area contributed by atoms with E-state index in [2.05, 4.69) is 28.9 Å². The molecule has 0 saturated carbocycles. The molecule has 0 spiro atoms. The van der Waals surface area contributed by atoms with Gasteiger partial charge in [0, 0.05) is 22.5 Å². The number of benzene rings is 1. The van der Waals surface area contributed by atoms with Crippen LogP contribution in [0.3, 0.4) is 0 Å². The molecule has 1 heterocycles. The molecule has 0 aromatic heterocycles. The Balaban J connectivity index is 2.13. The Morgan fingerprint density at radius 1 is 1.30 bits per heavy atom. The molecule has 126 valence electrons. The number of nitrogens with zero attached hydrogens (tertiary/aromatic N) is 1. The number of halogens is 4. The minimum Gasteiger partial charge on any atom is -0.331 e. The number of alkyl halides is 3. The Labute approximate surface area is 142 Å². The Morgan fingerprint density at radius 3 is 2.57 bits per heavy atom. The van der Waals surface area contributed by atoms with E-state index in [0.29, 0.717) is 12.8 Å². The van der Waals surface area contributed by atoms with Gasteiger partial charge in [-0.1, -0.05) is 48.8 Å². The van der Waals surface area contributed by atoms with E-state index in [1.54, 1.807) is 0 Å². The number of piperidine rings is 1. The minimum atomic E-state index is -4.82. The van der Waals surface area contributed by atoms with Crippen molar-refractivity contribution in [3.63, 3.8) is 0 Å². The molecular weight excluding hydrogens is 371 g/mol. The topological polar surface area (TPSA) is 20.3 Å². The number of amides is 1. The SMILES string of the molecule is CC12CCN(C(=O)C(F)(F)F)C(Cc3c(Br)cccc31)C2(C)C. The lowest BCUT2D eigenvalue weighted by molar-refractivity contribution is -0.195. The molecule has 2 unspecified atom stereocenters. The minimum absolute atomic E-state index is 0.148. The lowest BCUT2D eigenvalue weighted by Gasteiger charge is -2.60. The van der Waals surface area contributed by atoms with Gasteiger partial charge in [-0.2, -0.15) is 13.2 Å². The van der Waals surface area contributed by atoms with Gasteiger partial charge in [0.1, 0.15) is 0 Å². The van der Waals surface area contributed by atoms with Crippen molar-refractivity contribution in [2.75, 3.05) is 6.54 Å². The van der Waals surface area contributed by atoms with Gasteiger partial charge in [0.25, 0.3) is 0 Å². The molecule has 1 aliphatic carbocycles. The maximum Gasteiger partial charge on any atom is 0.471 e. The standard InChI is InChI=1S/C17H19BrF3NO/c1-15(2)13-9-10-11(5-4-6-12(10)18)16(15,3)7-8-22(13)14(23)17(19,20)21/h4-6,13H,7-9H2,1-3H3. The first kappa shape index (κ1) is 16.8. The van der Waals surface area contributed by atoms with E-state index in [4.69, 9.17) is 0 Å². The molecular formula is C17H19BrF3NO. The first-order valence-electron chi connectivity index (χ1n) is 7.66. The van der Waals surface area contributed by atoms with Crippen LogP contribution in [0.2, 0.25) is 0 Å². The van der Waals surface area contributed by atoms with E-state index in [1.165, 1.54) is 5.56 Å². The number of fused-ring (bicyclic) bond motifs is 4. The molecule has 1 aromatic carbocycles. The van der Waals surface area contributed by atoms with E-state index in [-0.39, 0.29) is 12.0 Å². The van der Waals surface area contributed by atoms with Gasteiger partial charge in [-0.25, -0.2) is 0 Å². The second kappa shape index (κ2) is 4.98. The molecule has 1 aromatic rings. The average Bonchev–Trinajstić information content (AvgIpc) is 2.42. The Hall–Kier alpha value is -1.04. The largest absolute Gasteiger partial charge is 0.471 e. The molecule has 1 aliphatic heterocycles. The number of likely N-dealkylation sites (tertiary alicyclic amines) is 1. The van der Waals surface area contributed by atoms with Gasteiger partial charge in [-0.15, -0.1) is 0 Å². The van der Waals surface area contributed by atoms with E-state index in [9.17, 15) is 18.0 Å². The molecule has 2 nitrogen and oxygen atoms in total. The van der Waals surface area contributed by atoms with Crippen molar-refractivity contribution in [3.8, 4) is 0 Å². The Morgan fingerprint density at radius 2 is 1.96 bits per heavy atom. The molecule has 0 N–H and O–H groups in total. The fourth-order valence-corrected chi connectivity index (χ4v) is 4.84. The summed E-state index contributed by atoms with van der Waals surface area (Å²) in [5, 5.41) is 0. The molecule has 23 heavy (non-hydrogen) atoms. The summed E-state index contributed by atoms with van der Waals surface area (Å²) in [5.41, 5.74) is 1.53. The smallest absolute Gasteiger partial charge is 0.331 e. The van der Waals surface area contributed by atoms with Crippen LogP contribution in [0.15, 0.2) is 22.7 Å². The maximum atomic E-state index is 13.0. The molecule has 1 saturated heterocycles. The quantitative estimate of drug-likeness (QED) is 0.641. The lowest BCUT2D eigenvalue weighted by Crippen LogP contribution is -2.66. The van der Waals surface area contributed by atoms with Gasteiger partial charge in [0.2, 0.25) is 0 Å². The van der Waals surface area contributed by atoms with Crippen LogP contribution in [-0.2, 0) is 16.6 Å². The zero-order chi connectivity index (χ0) is 17.2. The van der Waals surface area contributed by atoms with Crippen LogP contribution in [-0.4, -0.2) is 29.6 Å². The highest BCUT2D eigenvalue weighted by molar-refractivity contribution is 9.10. The van der Waals surface area contributed by atoms with Crippen LogP contribution >= 0.6 is 15.9 Å². The summed E-state index contributed by atoms with van der Waals surface area (Å²) in [7, 11) is 0. The van der Waals surface area contributed by atoms with E-state index in [1.807, 2.05) is 26.0 Å². The maximum absolute atomic E-state index is 13.0. The third-order valence-corrected chi connectivity index (χ3v) is 6.84. The summed E-state index contributed by atoms with van der Waals surface area (Å²) in [4.78, 5) is 12.9. The predicted molar refractivity (Wildman–Crippen MR) is 85.2 cm³/mol. The molecule has 6 heteroatoms. The zero-order valence-electron chi connectivity index (χ0n) is 13.3. The monoisotopic (exact) mass is 389 g/mol. The summed E-state index contributed by atoms with van der Waals surface area (Å²) in [6.45, 7) is 6.23. The molecule has 2 aliphatic rings. The molecule has 1 amide bonds. The Bertz CT molecular complexity index is 670. The van der Waals surface area contributed by atoms with Crippen LogP contribution in [0.4, 0.5) is 13.2 Å². The number of hydrogen-bond acceptors (Lipinski definition) is 1. The number of carbonyl (C=O) groups is 1. The predicted octanol–water partition coefficient (Wildman–Crippen LogP) is 4.45. The summed E-state index contributed by atoms with van der Waals surface area (Å²) in [6.07, 6.45) is -3.85. The van der Waals surface area contributed by atoms with Crippen molar-refractivity contribution in [1.82, 2.24) is 4.90 Å². The van der Waals surface area contributed by atoms with Gasteiger partial charge in [-0.05, 0) is 35.4 Å². The first-order valence-corrected chi connectivity index (χ1v) is 8.45. The number of carbonyl (C=O) groups excluding carboxylic acids is 1. The van der Waals surface area contributed by atoms with Crippen LogP contribution in [0.5, 0.6) is 0 Å². The molecule has 2 atom stereocenters. The fraction of sp³-hybridized carbons (Fsp3) is 0.588. The molecule has 1 fully saturated rings. The van der Waals surface area contributed by atoms with Crippen LogP contribution in [0.1, 0.15) is 38.3 Å². The first-order chi connectivity index (χ1) is 10.5. The van der Waals surface area contributed by atoms with Gasteiger partial charge in [-0.3, -0.25) is 4.79 Å². The normalized spacial score (nSPS) is 29.2. The van der Waals surface area contributed by atoms with Crippen molar-refractivity contribution in [1.29, 1.82) is 0 Å². The Kier molecular flexibility index (Phi) is 3.64. The van der Waals surface area contributed by atoms with E-state index < -0.39 is 23.5 Å².